The molecule has 0 bridgehead atoms. The van der Waals surface area contributed by atoms with Crippen LogP contribution in [0.15, 0.2) is 67.0 Å². The standard InChI is InChI=1S/C25H24FN3O3S/c1-16-8-10-27-23(12-16)22-14-29(20-5-3-18(26)4-6-20)24-13-17(2-7-21(22)24)25(30)28-19-9-11-33(31,32)15-19/h2-8,10,12-14,19,31-32H,9,11,15H2,1H3,(H,28,30). The molecule has 0 radical (unpaired) electrons. The summed E-state index contributed by atoms with van der Waals surface area (Å²) in [5.41, 5.74) is 4.84. The molecule has 1 saturated heterocycles. The van der Waals surface area contributed by atoms with Crippen LogP contribution in [0.2, 0.25) is 0 Å². The van der Waals surface area contributed by atoms with Crippen LogP contribution in [0.4, 0.5) is 4.39 Å². The van der Waals surface area contributed by atoms with E-state index in [4.69, 9.17) is 0 Å². The third-order valence-electron chi connectivity index (χ3n) is 5.96. The van der Waals surface area contributed by atoms with Crippen molar-refractivity contribution in [1.82, 2.24) is 14.9 Å². The van der Waals surface area contributed by atoms with Crippen LogP contribution in [0.3, 0.4) is 0 Å². The summed E-state index contributed by atoms with van der Waals surface area (Å²) in [6.07, 6.45) is 4.26. The van der Waals surface area contributed by atoms with Crippen molar-refractivity contribution in [3.63, 3.8) is 0 Å². The zero-order valence-electron chi connectivity index (χ0n) is 18.0. The quantitative estimate of drug-likeness (QED) is 0.377. The van der Waals surface area contributed by atoms with Gasteiger partial charge >= 0.3 is 0 Å². The maximum absolute atomic E-state index is 13.5. The van der Waals surface area contributed by atoms with E-state index in [1.54, 1.807) is 30.5 Å². The molecular formula is C25H24FN3O3S. The average Bonchev–Trinajstić information content (AvgIpc) is 3.33. The molecule has 33 heavy (non-hydrogen) atoms. The highest BCUT2D eigenvalue weighted by atomic mass is 32.3. The summed E-state index contributed by atoms with van der Waals surface area (Å²) in [4.78, 5) is 17.5. The Hall–Kier alpha value is -3.20. The van der Waals surface area contributed by atoms with Gasteiger partial charge in [0.05, 0.1) is 17.0 Å². The second-order valence-corrected chi connectivity index (χ2v) is 10.8. The molecule has 8 heteroatoms. The van der Waals surface area contributed by atoms with Gasteiger partial charge in [-0.3, -0.25) is 18.9 Å². The minimum absolute atomic E-state index is 0.191. The van der Waals surface area contributed by atoms with Gasteiger partial charge < -0.3 is 9.88 Å². The first-order valence-corrected chi connectivity index (χ1v) is 12.6. The van der Waals surface area contributed by atoms with E-state index in [0.29, 0.717) is 17.7 Å². The minimum Gasteiger partial charge on any atom is -0.348 e. The summed E-state index contributed by atoms with van der Waals surface area (Å²) in [5, 5.41) is 3.84. The molecule has 0 spiro atoms. The smallest absolute Gasteiger partial charge is 0.251 e. The monoisotopic (exact) mass is 465 g/mol. The Morgan fingerprint density at radius 2 is 1.94 bits per heavy atom. The van der Waals surface area contributed by atoms with E-state index >= 15 is 0 Å². The highest BCUT2D eigenvalue weighted by Crippen LogP contribution is 2.45. The number of pyridine rings is 1. The molecule has 1 aliphatic heterocycles. The summed E-state index contributed by atoms with van der Waals surface area (Å²) in [5.74, 6) is -0.0765. The van der Waals surface area contributed by atoms with Gasteiger partial charge in [-0.2, -0.15) is 10.6 Å². The van der Waals surface area contributed by atoms with Gasteiger partial charge in [-0.1, -0.05) is 6.07 Å². The molecule has 1 atom stereocenters. The topological polar surface area (TPSA) is 87.4 Å². The maximum atomic E-state index is 13.5. The van der Waals surface area contributed by atoms with E-state index < -0.39 is 10.6 Å². The van der Waals surface area contributed by atoms with Crippen molar-refractivity contribution in [1.29, 1.82) is 0 Å². The molecule has 4 aromatic rings. The molecule has 0 saturated carbocycles. The maximum Gasteiger partial charge on any atom is 0.251 e. The van der Waals surface area contributed by atoms with E-state index in [1.165, 1.54) is 12.1 Å². The van der Waals surface area contributed by atoms with Crippen molar-refractivity contribution >= 4 is 27.4 Å². The first kappa shape index (κ1) is 21.6. The number of hydrogen-bond donors (Lipinski definition) is 3. The van der Waals surface area contributed by atoms with E-state index in [-0.39, 0.29) is 23.5 Å². The number of carbonyl (C=O) groups is 1. The number of nitrogens with one attached hydrogen (secondary N) is 1. The van der Waals surface area contributed by atoms with Crippen LogP contribution >= 0.6 is 10.6 Å². The molecule has 1 amide bonds. The Balaban J connectivity index is 1.58. The number of amides is 1. The van der Waals surface area contributed by atoms with Crippen LogP contribution in [0.1, 0.15) is 22.3 Å². The number of halogens is 1. The van der Waals surface area contributed by atoms with Gasteiger partial charge in [0.2, 0.25) is 0 Å². The molecule has 3 heterocycles. The number of nitrogens with zero attached hydrogens (tertiary/aromatic N) is 2. The first-order valence-electron chi connectivity index (χ1n) is 10.7. The van der Waals surface area contributed by atoms with Crippen molar-refractivity contribution in [2.45, 2.75) is 19.4 Å². The number of rotatable bonds is 4. The third kappa shape index (κ3) is 4.37. The number of carbonyl (C=O) groups excluding carboxylic acids is 1. The highest BCUT2D eigenvalue weighted by Gasteiger charge is 2.29. The normalized spacial score (nSPS) is 18.4. The fourth-order valence-electron chi connectivity index (χ4n) is 4.27. The zero-order valence-corrected chi connectivity index (χ0v) is 18.8. The van der Waals surface area contributed by atoms with E-state index in [1.807, 2.05) is 35.9 Å². The Kier molecular flexibility index (Phi) is 5.44. The lowest BCUT2D eigenvalue weighted by Crippen LogP contribution is -2.35. The second-order valence-electron chi connectivity index (χ2n) is 8.47. The molecule has 2 aromatic heterocycles. The lowest BCUT2D eigenvalue weighted by molar-refractivity contribution is 0.0941. The van der Waals surface area contributed by atoms with Crippen molar-refractivity contribution in [2.75, 3.05) is 11.5 Å². The van der Waals surface area contributed by atoms with Crippen LogP contribution < -0.4 is 5.32 Å². The molecule has 1 fully saturated rings. The van der Waals surface area contributed by atoms with Gasteiger partial charge in [-0.15, -0.1) is 0 Å². The molecule has 1 aliphatic rings. The van der Waals surface area contributed by atoms with Crippen LogP contribution in [0.5, 0.6) is 0 Å². The van der Waals surface area contributed by atoms with Gasteiger partial charge in [-0.05, 0) is 67.4 Å². The molecule has 170 valence electrons. The second kappa shape index (κ2) is 8.30. The van der Waals surface area contributed by atoms with Gasteiger partial charge in [-0.25, -0.2) is 4.39 Å². The fourth-order valence-corrected chi connectivity index (χ4v) is 6.00. The minimum atomic E-state index is -2.59. The number of aromatic nitrogens is 2. The Morgan fingerprint density at radius 1 is 1.15 bits per heavy atom. The number of fused-ring (bicyclic) bond motifs is 1. The molecule has 0 aliphatic carbocycles. The first-order chi connectivity index (χ1) is 15.8. The number of benzene rings is 2. The summed E-state index contributed by atoms with van der Waals surface area (Å²) in [6, 6.07) is 15.3. The lowest BCUT2D eigenvalue weighted by Gasteiger charge is -2.26. The molecule has 6 nitrogen and oxygen atoms in total. The van der Waals surface area contributed by atoms with Crippen LogP contribution in [0.25, 0.3) is 27.8 Å². The third-order valence-corrected chi connectivity index (χ3v) is 7.79. The SMILES string of the molecule is Cc1ccnc(-c2cn(-c3ccc(F)cc3)c3cc(C(=O)NC4CCS(O)(O)C4)ccc23)c1. The fraction of sp³-hybridized carbons (Fsp3) is 0.200. The van der Waals surface area contributed by atoms with Crippen LogP contribution in [-0.4, -0.2) is 42.1 Å². The summed E-state index contributed by atoms with van der Waals surface area (Å²) in [7, 11) is -2.59. The van der Waals surface area contributed by atoms with Crippen molar-refractivity contribution in [3.05, 3.63) is 83.9 Å². The zero-order chi connectivity index (χ0) is 23.2. The Labute approximate surface area is 192 Å². The summed E-state index contributed by atoms with van der Waals surface area (Å²) in [6.45, 7) is 2.00. The molecule has 3 N–H and O–H groups in total. The van der Waals surface area contributed by atoms with Crippen molar-refractivity contribution in [2.24, 2.45) is 0 Å². The average molecular weight is 466 g/mol. The van der Waals surface area contributed by atoms with E-state index in [0.717, 1.165) is 33.4 Å². The summed E-state index contributed by atoms with van der Waals surface area (Å²) < 4.78 is 35.2. The number of hydrogen-bond acceptors (Lipinski definition) is 4. The predicted octanol–water partition coefficient (Wildman–Crippen LogP) is 5.39. The molecule has 1 unspecified atom stereocenters. The molecule has 5 rings (SSSR count). The Bertz CT molecular complexity index is 1350. The Morgan fingerprint density at radius 3 is 2.64 bits per heavy atom. The summed E-state index contributed by atoms with van der Waals surface area (Å²) >= 11 is 0. The molecule has 2 aromatic carbocycles. The van der Waals surface area contributed by atoms with Gasteiger partial charge in [0.25, 0.3) is 5.91 Å². The largest absolute Gasteiger partial charge is 0.348 e. The highest BCUT2D eigenvalue weighted by molar-refractivity contribution is 8.24. The number of aryl methyl sites for hydroxylation is 1. The van der Waals surface area contributed by atoms with Crippen molar-refractivity contribution < 1.29 is 18.3 Å². The molecular weight excluding hydrogens is 441 g/mol. The van der Waals surface area contributed by atoms with Gasteiger partial charge in [0.1, 0.15) is 5.82 Å². The van der Waals surface area contributed by atoms with Crippen LogP contribution in [0, 0.1) is 12.7 Å². The van der Waals surface area contributed by atoms with Crippen LogP contribution in [-0.2, 0) is 0 Å². The lowest BCUT2D eigenvalue weighted by atomic mass is 10.1. The van der Waals surface area contributed by atoms with E-state index in [2.05, 4.69) is 10.3 Å². The predicted molar refractivity (Wildman–Crippen MR) is 130 cm³/mol. The van der Waals surface area contributed by atoms with Gasteiger partial charge in [0, 0.05) is 46.4 Å². The van der Waals surface area contributed by atoms with E-state index in [9.17, 15) is 18.3 Å². The van der Waals surface area contributed by atoms with Crippen molar-refractivity contribution in [3.8, 4) is 16.9 Å². The van der Waals surface area contributed by atoms with Gasteiger partial charge in [0.15, 0.2) is 0 Å².